The smallest absolute Gasteiger partial charge is 0.309 e. The Morgan fingerprint density at radius 2 is 0.811 bits per heavy atom. The molecule has 0 heterocycles. The molecule has 0 saturated carbocycles. The van der Waals surface area contributed by atoms with Crippen LogP contribution in [0.15, 0.2) is 48.6 Å². The number of hydrogen-bond acceptors (Lipinski definition) is 6. The van der Waals surface area contributed by atoms with E-state index in [2.05, 4.69) is 57.2 Å². The number of hydrogen-bond donors (Lipinski definition) is 0. The predicted molar refractivity (Wildman–Crippen MR) is 224 cm³/mol. The lowest BCUT2D eigenvalue weighted by Gasteiger charge is -2.18. The maximum absolute atomic E-state index is 12.6. The zero-order valence-electron chi connectivity index (χ0n) is 34.8. The van der Waals surface area contributed by atoms with Gasteiger partial charge in [-0.25, -0.2) is 0 Å². The molecule has 0 aromatic carbocycles. The normalized spacial score (nSPS) is 12.4. The van der Waals surface area contributed by atoms with E-state index in [4.69, 9.17) is 14.2 Å². The van der Waals surface area contributed by atoms with E-state index in [-0.39, 0.29) is 31.6 Å². The van der Waals surface area contributed by atoms with Crippen LogP contribution in [0.2, 0.25) is 0 Å². The van der Waals surface area contributed by atoms with Crippen LogP contribution < -0.4 is 0 Å². The minimum Gasteiger partial charge on any atom is -0.462 e. The van der Waals surface area contributed by atoms with E-state index < -0.39 is 12.1 Å². The van der Waals surface area contributed by atoms with Crippen molar-refractivity contribution in [3.63, 3.8) is 0 Å². The van der Waals surface area contributed by atoms with Crippen molar-refractivity contribution < 1.29 is 28.6 Å². The fourth-order valence-corrected chi connectivity index (χ4v) is 6.03. The number of unbranched alkanes of at least 4 members (excludes halogenated alkanes) is 21. The summed E-state index contributed by atoms with van der Waals surface area (Å²) in [6, 6.07) is 0. The van der Waals surface area contributed by atoms with Crippen molar-refractivity contribution in [2.75, 3.05) is 13.2 Å². The van der Waals surface area contributed by atoms with Gasteiger partial charge in [0.2, 0.25) is 0 Å². The lowest BCUT2D eigenvalue weighted by Crippen LogP contribution is -2.30. The van der Waals surface area contributed by atoms with Gasteiger partial charge < -0.3 is 14.2 Å². The van der Waals surface area contributed by atoms with Crippen molar-refractivity contribution in [3.05, 3.63) is 48.6 Å². The molecular formula is C47H82O6. The largest absolute Gasteiger partial charge is 0.462 e. The summed E-state index contributed by atoms with van der Waals surface area (Å²) >= 11 is 0. The van der Waals surface area contributed by atoms with E-state index >= 15 is 0 Å². The van der Waals surface area contributed by atoms with Crippen molar-refractivity contribution >= 4 is 17.9 Å². The zero-order valence-corrected chi connectivity index (χ0v) is 34.8. The second-order valence-corrected chi connectivity index (χ2v) is 14.6. The molecule has 6 nitrogen and oxygen atoms in total. The lowest BCUT2D eigenvalue weighted by atomic mass is 10.1. The summed E-state index contributed by atoms with van der Waals surface area (Å²) in [5.41, 5.74) is 0. The molecule has 0 amide bonds. The highest BCUT2D eigenvalue weighted by Crippen LogP contribution is 2.14. The van der Waals surface area contributed by atoms with Crippen molar-refractivity contribution in [1.82, 2.24) is 0 Å². The highest BCUT2D eigenvalue weighted by Gasteiger charge is 2.19. The molecule has 0 rings (SSSR count). The quantitative estimate of drug-likeness (QED) is 0.0270. The van der Waals surface area contributed by atoms with Gasteiger partial charge in [-0.05, 0) is 57.8 Å². The fraction of sp³-hybridized carbons (Fsp3) is 0.766. The number of esters is 3. The first-order chi connectivity index (χ1) is 26.0. The third kappa shape index (κ3) is 40.4. The van der Waals surface area contributed by atoms with E-state index in [1.54, 1.807) is 6.08 Å². The Kier molecular flexibility index (Phi) is 40.0. The first-order valence-electron chi connectivity index (χ1n) is 22.1. The van der Waals surface area contributed by atoms with Crippen molar-refractivity contribution in [2.45, 2.75) is 219 Å². The van der Waals surface area contributed by atoms with Gasteiger partial charge in [0.15, 0.2) is 6.10 Å². The van der Waals surface area contributed by atoms with Gasteiger partial charge in [-0.15, -0.1) is 0 Å². The number of carbonyl (C=O) groups excluding carboxylic acids is 3. The van der Waals surface area contributed by atoms with Crippen molar-refractivity contribution in [1.29, 1.82) is 0 Å². The first-order valence-corrected chi connectivity index (χ1v) is 22.1. The van der Waals surface area contributed by atoms with Gasteiger partial charge in [-0.2, -0.15) is 0 Å². The molecule has 6 heteroatoms. The molecular weight excluding hydrogens is 661 g/mol. The van der Waals surface area contributed by atoms with Crippen LogP contribution >= 0.6 is 0 Å². The van der Waals surface area contributed by atoms with Crippen LogP contribution in [0, 0.1) is 0 Å². The molecule has 0 aliphatic heterocycles. The Labute approximate surface area is 327 Å². The van der Waals surface area contributed by atoms with E-state index in [0.29, 0.717) is 12.8 Å². The third-order valence-electron chi connectivity index (χ3n) is 9.35. The minimum atomic E-state index is -0.805. The Morgan fingerprint density at radius 1 is 0.415 bits per heavy atom. The van der Waals surface area contributed by atoms with E-state index in [0.717, 1.165) is 64.2 Å². The standard InChI is InChI=1S/C47H82O6/c1-4-7-10-13-16-19-21-22-23-24-25-26-29-31-34-37-40-46(49)52-43-44(42-51-45(48)39-36-33-30-27-18-15-12-9-6-3)53-47(50)41-38-35-32-28-20-17-14-11-8-5-2/h9,12,18,23-24,27,33,36,44H,4-8,10-11,13-17,19-22,25-26,28-32,34-35,37-43H2,1-3H3/b12-9-,24-23-,27-18-,36-33-. The molecule has 0 aromatic rings. The average Bonchev–Trinajstić information content (AvgIpc) is 3.15. The Bertz CT molecular complexity index is 949. The summed E-state index contributed by atoms with van der Waals surface area (Å²) in [4.78, 5) is 37.5. The Morgan fingerprint density at radius 3 is 1.30 bits per heavy atom. The minimum absolute atomic E-state index is 0.103. The van der Waals surface area contributed by atoms with Crippen molar-refractivity contribution in [3.8, 4) is 0 Å². The predicted octanol–water partition coefficient (Wildman–Crippen LogP) is 14.0. The van der Waals surface area contributed by atoms with Crippen LogP contribution in [0.4, 0.5) is 0 Å². The molecule has 0 bridgehead atoms. The Hall–Kier alpha value is -2.63. The highest BCUT2D eigenvalue weighted by atomic mass is 16.6. The molecule has 306 valence electrons. The number of carbonyl (C=O) groups is 3. The summed E-state index contributed by atoms with van der Waals surface area (Å²) in [5.74, 6) is -1.04. The molecule has 0 saturated heterocycles. The van der Waals surface area contributed by atoms with Crippen LogP contribution in [-0.4, -0.2) is 37.2 Å². The molecule has 0 aliphatic rings. The zero-order chi connectivity index (χ0) is 38.7. The summed E-state index contributed by atoms with van der Waals surface area (Å²) in [7, 11) is 0. The SMILES string of the molecule is CC/C=C\C/C=C\C/C=C\CC(=O)OCC(COC(=O)CCCCCCC/C=C\CCCCCCCCC)OC(=O)CCCCCCCCCCCC. The topological polar surface area (TPSA) is 78.9 Å². The molecule has 0 aromatic heterocycles. The number of rotatable bonds is 39. The molecule has 0 fully saturated rings. The van der Waals surface area contributed by atoms with Gasteiger partial charge >= 0.3 is 17.9 Å². The molecule has 1 atom stereocenters. The van der Waals surface area contributed by atoms with Crippen LogP contribution in [0.25, 0.3) is 0 Å². The molecule has 0 spiro atoms. The summed E-state index contributed by atoms with van der Waals surface area (Å²) in [6.07, 6.45) is 48.4. The van der Waals surface area contributed by atoms with E-state index in [1.807, 2.05) is 6.08 Å². The van der Waals surface area contributed by atoms with Gasteiger partial charge in [-0.1, -0.05) is 185 Å². The molecule has 53 heavy (non-hydrogen) atoms. The summed E-state index contributed by atoms with van der Waals surface area (Å²) in [6.45, 7) is 6.39. The Balaban J connectivity index is 4.38. The van der Waals surface area contributed by atoms with E-state index in [9.17, 15) is 14.4 Å². The van der Waals surface area contributed by atoms with Crippen LogP contribution in [0.1, 0.15) is 213 Å². The molecule has 1 unspecified atom stereocenters. The van der Waals surface area contributed by atoms with Gasteiger partial charge in [-0.3, -0.25) is 14.4 Å². The highest BCUT2D eigenvalue weighted by molar-refractivity contribution is 5.72. The summed E-state index contributed by atoms with van der Waals surface area (Å²) in [5, 5.41) is 0. The van der Waals surface area contributed by atoms with E-state index in [1.165, 1.54) is 109 Å². The van der Waals surface area contributed by atoms with Gasteiger partial charge in [0.05, 0.1) is 6.42 Å². The third-order valence-corrected chi connectivity index (χ3v) is 9.35. The maximum atomic E-state index is 12.6. The summed E-state index contributed by atoms with van der Waals surface area (Å²) < 4.78 is 16.5. The van der Waals surface area contributed by atoms with Crippen LogP contribution in [-0.2, 0) is 28.6 Å². The lowest BCUT2D eigenvalue weighted by molar-refractivity contribution is -0.166. The molecule has 0 aliphatic carbocycles. The maximum Gasteiger partial charge on any atom is 0.309 e. The van der Waals surface area contributed by atoms with Gasteiger partial charge in [0.1, 0.15) is 13.2 Å². The molecule has 0 radical (unpaired) electrons. The average molecular weight is 743 g/mol. The number of ether oxygens (including phenoxy) is 3. The molecule has 0 N–H and O–H groups in total. The monoisotopic (exact) mass is 743 g/mol. The van der Waals surface area contributed by atoms with Crippen LogP contribution in [0.3, 0.4) is 0 Å². The second-order valence-electron chi connectivity index (χ2n) is 14.6. The van der Waals surface area contributed by atoms with Gasteiger partial charge in [0, 0.05) is 12.8 Å². The van der Waals surface area contributed by atoms with Crippen LogP contribution in [0.5, 0.6) is 0 Å². The number of allylic oxidation sites excluding steroid dienone is 7. The second kappa shape index (κ2) is 42.1. The fourth-order valence-electron chi connectivity index (χ4n) is 6.03. The first kappa shape index (κ1) is 50.4. The van der Waals surface area contributed by atoms with Crippen molar-refractivity contribution in [2.24, 2.45) is 0 Å². The van der Waals surface area contributed by atoms with Gasteiger partial charge in [0.25, 0.3) is 0 Å².